The number of carbonyl (C=O) groups excluding carboxylic acids is 2. The molecule has 3 N–H and O–H groups in total. The van der Waals surface area contributed by atoms with Gasteiger partial charge in [-0.05, 0) is 74.5 Å². The first-order valence-electron chi connectivity index (χ1n) is 13.4. The molecule has 4 aromatic heterocycles. The lowest BCUT2D eigenvalue weighted by atomic mass is 9.53. The molecule has 0 atom stereocenters. The number of nitrogens with one attached hydrogen (secondary N) is 1. The van der Waals surface area contributed by atoms with Crippen molar-refractivity contribution >= 4 is 44.7 Å². The van der Waals surface area contributed by atoms with Crippen LogP contribution in [0.1, 0.15) is 64.4 Å². The number of carbonyl (C=O) groups is 2. The molecule has 218 valence electrons. The first-order valence-corrected chi connectivity index (χ1v) is 14.2. The van der Waals surface area contributed by atoms with Crippen LogP contribution in [0.3, 0.4) is 0 Å². The zero-order chi connectivity index (χ0) is 29.6. The largest absolute Gasteiger partial charge is 0.464 e. The second-order valence-corrected chi connectivity index (χ2v) is 12.5. The summed E-state index contributed by atoms with van der Waals surface area (Å²) in [6.07, 6.45) is 3.65. The van der Waals surface area contributed by atoms with Crippen LogP contribution in [0.5, 0.6) is 0 Å². The average Bonchev–Trinajstić information content (AvgIpc) is 3.66. The van der Waals surface area contributed by atoms with E-state index in [-0.39, 0.29) is 32.1 Å². The van der Waals surface area contributed by atoms with Crippen molar-refractivity contribution in [2.24, 2.45) is 23.5 Å². The minimum Gasteiger partial charge on any atom is -0.464 e. The molecule has 11 nitrogen and oxygen atoms in total. The maximum absolute atomic E-state index is 13.7. The molecule has 0 saturated heterocycles. The summed E-state index contributed by atoms with van der Waals surface area (Å²) in [4.78, 5) is 40.6. The Balaban J connectivity index is 1.34. The van der Waals surface area contributed by atoms with Crippen LogP contribution in [0.4, 0.5) is 24.5 Å². The molecule has 4 aromatic rings. The zero-order valence-electron chi connectivity index (χ0n) is 21.8. The van der Waals surface area contributed by atoms with Gasteiger partial charge in [-0.2, -0.15) is 18.3 Å². The van der Waals surface area contributed by atoms with E-state index in [1.54, 1.807) is 4.68 Å². The highest BCUT2D eigenvalue weighted by Crippen LogP contribution is 2.59. The van der Waals surface area contributed by atoms with E-state index >= 15 is 0 Å². The number of aromatic nitrogens is 3. The number of pyridine rings is 1. The molecule has 4 bridgehead atoms. The molecule has 8 rings (SSSR count). The van der Waals surface area contributed by atoms with Gasteiger partial charge in [0.15, 0.2) is 0 Å². The number of alkyl halides is 3. The SMILES string of the molecule is NC(=O)c1sc2nc(C(F)(F)F)cc(-c3ccco3)c2c1NC(=O)c1nn(C23CC4CC(CC(C4)C2)C3)cc1[N+](=O)[O-]. The van der Waals surface area contributed by atoms with Gasteiger partial charge in [0.05, 0.1) is 22.4 Å². The first-order chi connectivity index (χ1) is 19.9. The molecule has 0 unspecified atom stereocenters. The lowest BCUT2D eigenvalue weighted by Crippen LogP contribution is -2.52. The van der Waals surface area contributed by atoms with E-state index in [1.807, 2.05) is 0 Å². The summed E-state index contributed by atoms with van der Waals surface area (Å²) in [5.41, 5.74) is 2.62. The highest BCUT2D eigenvalue weighted by molar-refractivity contribution is 7.21. The summed E-state index contributed by atoms with van der Waals surface area (Å²) in [6, 6.07) is 3.63. The molecular formula is C27H23F3N6O5S. The summed E-state index contributed by atoms with van der Waals surface area (Å²) in [6.45, 7) is 0. The van der Waals surface area contributed by atoms with Crippen LogP contribution in [0.15, 0.2) is 35.1 Å². The molecule has 2 amide bonds. The molecule has 0 spiro atoms. The van der Waals surface area contributed by atoms with Crippen molar-refractivity contribution in [2.75, 3.05) is 5.32 Å². The van der Waals surface area contributed by atoms with Gasteiger partial charge in [0.1, 0.15) is 27.4 Å². The Hall–Kier alpha value is -4.27. The van der Waals surface area contributed by atoms with Crippen molar-refractivity contribution in [1.82, 2.24) is 14.8 Å². The fraction of sp³-hybridized carbons (Fsp3) is 0.407. The predicted molar refractivity (Wildman–Crippen MR) is 144 cm³/mol. The number of nitrogens with two attached hydrogens (primary N) is 1. The summed E-state index contributed by atoms with van der Waals surface area (Å²) in [5, 5.41) is 19.0. The van der Waals surface area contributed by atoms with Crippen molar-refractivity contribution in [2.45, 2.75) is 50.2 Å². The van der Waals surface area contributed by atoms with E-state index in [1.165, 1.54) is 24.6 Å². The number of hydrogen-bond donors (Lipinski definition) is 2. The Bertz CT molecular complexity index is 1740. The monoisotopic (exact) mass is 600 g/mol. The number of rotatable bonds is 6. The lowest BCUT2D eigenvalue weighted by Gasteiger charge is -2.56. The number of nitrogens with zero attached hydrogens (tertiary/aromatic N) is 4. The zero-order valence-corrected chi connectivity index (χ0v) is 22.6. The van der Waals surface area contributed by atoms with Crippen LogP contribution in [0, 0.1) is 27.9 Å². The van der Waals surface area contributed by atoms with Gasteiger partial charge in [-0.3, -0.25) is 24.4 Å². The van der Waals surface area contributed by atoms with E-state index < -0.39 is 45.5 Å². The Morgan fingerprint density at radius 1 is 1.19 bits per heavy atom. The van der Waals surface area contributed by atoms with Crippen molar-refractivity contribution in [1.29, 1.82) is 0 Å². The Morgan fingerprint density at radius 2 is 1.86 bits per heavy atom. The summed E-state index contributed by atoms with van der Waals surface area (Å²) in [5.74, 6) is -0.462. The summed E-state index contributed by atoms with van der Waals surface area (Å²) < 4.78 is 48.0. The van der Waals surface area contributed by atoms with Crippen LogP contribution >= 0.6 is 11.3 Å². The van der Waals surface area contributed by atoms with Crippen molar-refractivity contribution in [3.8, 4) is 11.3 Å². The quantitative estimate of drug-likeness (QED) is 0.204. The van der Waals surface area contributed by atoms with E-state index in [0.29, 0.717) is 29.1 Å². The number of nitro groups is 1. The second-order valence-electron chi connectivity index (χ2n) is 11.5. The molecule has 42 heavy (non-hydrogen) atoms. The third-order valence-corrected chi connectivity index (χ3v) is 9.90. The first kappa shape index (κ1) is 26.6. The van der Waals surface area contributed by atoms with Gasteiger partial charge in [-0.1, -0.05) is 0 Å². The van der Waals surface area contributed by atoms with Gasteiger partial charge >= 0.3 is 11.9 Å². The van der Waals surface area contributed by atoms with E-state index in [9.17, 15) is 32.9 Å². The maximum atomic E-state index is 13.7. The standard InChI is InChI=1S/C27H23F3N6O5S/c28-27(29,30)18-7-15(17-2-1-3-41-17)19-21(22(23(31)37)42-25(19)32-18)33-24(38)20-16(36(39)40)11-35(34-20)26-8-12-4-13(9-26)6-14(5-12)10-26/h1-3,7,11-14H,4-6,8-10H2,(H2,31,37)(H,33,38). The highest BCUT2D eigenvalue weighted by Gasteiger charge is 2.53. The second kappa shape index (κ2) is 9.11. The highest BCUT2D eigenvalue weighted by atomic mass is 32.1. The summed E-state index contributed by atoms with van der Waals surface area (Å²) in [7, 11) is 0. The lowest BCUT2D eigenvalue weighted by molar-refractivity contribution is -0.385. The van der Waals surface area contributed by atoms with Crippen LogP contribution in [-0.4, -0.2) is 31.5 Å². The van der Waals surface area contributed by atoms with E-state index in [0.717, 1.165) is 44.6 Å². The molecular weight excluding hydrogens is 577 g/mol. The van der Waals surface area contributed by atoms with Gasteiger partial charge in [0.2, 0.25) is 5.69 Å². The number of furan rings is 1. The van der Waals surface area contributed by atoms with Crippen molar-refractivity contribution in [3.63, 3.8) is 0 Å². The van der Waals surface area contributed by atoms with Gasteiger partial charge in [-0.15, -0.1) is 11.3 Å². The molecule has 0 aromatic carbocycles. The topological polar surface area (TPSA) is 159 Å². The third-order valence-electron chi connectivity index (χ3n) is 8.80. The molecule has 4 aliphatic rings. The molecule has 4 heterocycles. The third kappa shape index (κ3) is 4.16. The fourth-order valence-corrected chi connectivity index (χ4v) is 8.59. The van der Waals surface area contributed by atoms with Gasteiger partial charge in [0, 0.05) is 10.9 Å². The Labute approximate surface area is 239 Å². The number of anilines is 1. The number of halogens is 3. The van der Waals surface area contributed by atoms with Gasteiger partial charge in [0.25, 0.3) is 11.8 Å². The normalized spacial score (nSPS) is 24.8. The van der Waals surface area contributed by atoms with Crippen molar-refractivity contribution < 1.29 is 32.1 Å². The van der Waals surface area contributed by atoms with Crippen LogP contribution < -0.4 is 11.1 Å². The number of amides is 2. The molecule has 0 radical (unpaired) electrons. The van der Waals surface area contributed by atoms with Gasteiger partial charge < -0.3 is 15.5 Å². The number of thiophene rings is 1. The number of fused-ring (bicyclic) bond motifs is 1. The van der Waals surface area contributed by atoms with Crippen LogP contribution in [-0.2, 0) is 11.7 Å². The Morgan fingerprint density at radius 3 is 2.40 bits per heavy atom. The molecule has 4 saturated carbocycles. The molecule has 4 fully saturated rings. The summed E-state index contributed by atoms with van der Waals surface area (Å²) >= 11 is 0.564. The van der Waals surface area contributed by atoms with E-state index in [4.69, 9.17) is 10.2 Å². The Kier molecular flexibility index (Phi) is 5.78. The van der Waals surface area contributed by atoms with Gasteiger partial charge in [-0.25, -0.2) is 4.98 Å². The molecule has 4 aliphatic carbocycles. The minimum absolute atomic E-state index is 0.0201. The molecule has 0 aliphatic heterocycles. The van der Waals surface area contributed by atoms with Crippen LogP contribution in [0.25, 0.3) is 21.5 Å². The molecule has 15 heteroatoms. The van der Waals surface area contributed by atoms with Crippen molar-refractivity contribution in [3.05, 3.63) is 57.0 Å². The predicted octanol–water partition coefficient (Wildman–Crippen LogP) is 5.96. The van der Waals surface area contributed by atoms with Crippen LogP contribution in [0.2, 0.25) is 0 Å². The maximum Gasteiger partial charge on any atom is 0.433 e. The fourth-order valence-electron chi connectivity index (χ4n) is 7.58. The number of primary amides is 1. The smallest absolute Gasteiger partial charge is 0.433 e. The average molecular weight is 601 g/mol. The minimum atomic E-state index is -4.82. The number of hydrogen-bond acceptors (Lipinski definition) is 8. The van der Waals surface area contributed by atoms with E-state index in [2.05, 4.69) is 15.4 Å².